The van der Waals surface area contributed by atoms with Crippen LogP contribution >= 0.6 is 22.9 Å². The highest BCUT2D eigenvalue weighted by atomic mass is 35.5. The predicted octanol–water partition coefficient (Wildman–Crippen LogP) is 2.98. The summed E-state index contributed by atoms with van der Waals surface area (Å²) in [6, 6.07) is 5.51. The third kappa shape index (κ3) is 2.70. The minimum atomic E-state index is -1.02. The van der Waals surface area contributed by atoms with Crippen LogP contribution in [0.15, 0.2) is 40.8 Å². The highest BCUT2D eigenvalue weighted by molar-refractivity contribution is 7.17. The van der Waals surface area contributed by atoms with Crippen LogP contribution in [-0.4, -0.2) is 14.7 Å². The molecule has 1 aromatic carbocycles. The molecule has 3 aromatic rings. The fourth-order valence-corrected chi connectivity index (χ4v) is 3.15. The van der Waals surface area contributed by atoms with E-state index in [1.54, 1.807) is 11.4 Å². The Labute approximate surface area is 128 Å². The maximum Gasteiger partial charge on any atom is 0.271 e. The lowest BCUT2D eigenvalue weighted by Crippen LogP contribution is -2.23. The molecule has 0 fully saturated rings. The number of rotatable bonds is 3. The maximum absolute atomic E-state index is 13.0. The molecule has 0 aliphatic carbocycles. The summed E-state index contributed by atoms with van der Waals surface area (Å²) in [6.45, 7) is 0.00499. The molecule has 0 amide bonds. The van der Waals surface area contributed by atoms with E-state index in [2.05, 4.69) is 4.98 Å². The van der Waals surface area contributed by atoms with Gasteiger partial charge in [-0.3, -0.25) is 9.36 Å². The molecule has 21 heavy (non-hydrogen) atoms. The first kappa shape index (κ1) is 14.2. The molecular formula is C14H10ClFN2O2S. The number of aliphatic hydroxyl groups excluding tert-OH is 1. The zero-order valence-electron chi connectivity index (χ0n) is 10.7. The highest BCUT2D eigenvalue weighted by Crippen LogP contribution is 2.25. The molecule has 1 unspecified atom stereocenters. The van der Waals surface area contributed by atoms with Gasteiger partial charge in [0.05, 0.1) is 24.5 Å². The van der Waals surface area contributed by atoms with Crippen molar-refractivity contribution in [1.82, 2.24) is 9.55 Å². The molecule has 0 radical (unpaired) electrons. The standard InChI is InChI=1S/C14H10ClFN2O2S/c15-10-5-8(16)1-2-9(10)12(19)6-18-7-17-11-3-4-21-13(11)14(18)20/h1-5,7,12,19H,6H2. The zero-order valence-corrected chi connectivity index (χ0v) is 12.2. The summed E-state index contributed by atoms with van der Waals surface area (Å²) in [4.78, 5) is 16.4. The Kier molecular flexibility index (Phi) is 3.75. The minimum Gasteiger partial charge on any atom is -0.386 e. The van der Waals surface area contributed by atoms with Gasteiger partial charge >= 0.3 is 0 Å². The summed E-state index contributed by atoms with van der Waals surface area (Å²) in [7, 11) is 0. The van der Waals surface area contributed by atoms with E-state index in [1.165, 1.54) is 34.4 Å². The Balaban J connectivity index is 1.94. The molecule has 1 N–H and O–H groups in total. The SMILES string of the molecule is O=c1c2sccc2ncn1CC(O)c1ccc(F)cc1Cl. The highest BCUT2D eigenvalue weighted by Gasteiger charge is 2.15. The molecule has 0 aliphatic rings. The van der Waals surface area contributed by atoms with E-state index in [4.69, 9.17) is 11.6 Å². The van der Waals surface area contributed by atoms with Gasteiger partial charge < -0.3 is 5.11 Å². The Morgan fingerprint density at radius 3 is 3.00 bits per heavy atom. The Bertz CT molecular complexity index is 862. The van der Waals surface area contributed by atoms with E-state index in [1.807, 2.05) is 0 Å². The van der Waals surface area contributed by atoms with Gasteiger partial charge in [0.15, 0.2) is 0 Å². The van der Waals surface area contributed by atoms with Gasteiger partial charge in [-0.05, 0) is 23.6 Å². The van der Waals surface area contributed by atoms with Crippen molar-refractivity contribution in [2.45, 2.75) is 12.6 Å². The number of halogens is 2. The lowest BCUT2D eigenvalue weighted by atomic mass is 10.1. The monoisotopic (exact) mass is 324 g/mol. The molecular weight excluding hydrogens is 315 g/mol. The molecule has 0 bridgehead atoms. The van der Waals surface area contributed by atoms with Crippen molar-refractivity contribution in [2.75, 3.05) is 0 Å². The van der Waals surface area contributed by atoms with E-state index in [9.17, 15) is 14.3 Å². The summed E-state index contributed by atoms with van der Waals surface area (Å²) in [5.41, 5.74) is 0.791. The molecule has 3 rings (SSSR count). The number of benzene rings is 1. The molecule has 108 valence electrons. The fraction of sp³-hybridized carbons (Fsp3) is 0.143. The molecule has 0 saturated heterocycles. The van der Waals surface area contributed by atoms with Crippen molar-refractivity contribution in [3.8, 4) is 0 Å². The smallest absolute Gasteiger partial charge is 0.271 e. The summed E-state index contributed by atoms with van der Waals surface area (Å²) >= 11 is 7.21. The first-order valence-corrected chi connectivity index (χ1v) is 7.37. The van der Waals surface area contributed by atoms with Crippen molar-refractivity contribution in [3.63, 3.8) is 0 Å². The van der Waals surface area contributed by atoms with Crippen LogP contribution in [-0.2, 0) is 6.54 Å². The van der Waals surface area contributed by atoms with Crippen LogP contribution in [0.25, 0.3) is 10.2 Å². The minimum absolute atomic E-state index is 0.00499. The van der Waals surface area contributed by atoms with Gasteiger partial charge in [-0.15, -0.1) is 11.3 Å². The number of hydrogen-bond donors (Lipinski definition) is 1. The van der Waals surface area contributed by atoms with Gasteiger partial charge in [0.2, 0.25) is 0 Å². The summed E-state index contributed by atoms with van der Waals surface area (Å²) in [6.07, 6.45) is 0.368. The van der Waals surface area contributed by atoms with Crippen molar-refractivity contribution in [2.24, 2.45) is 0 Å². The lowest BCUT2D eigenvalue weighted by molar-refractivity contribution is 0.155. The second-order valence-electron chi connectivity index (χ2n) is 4.52. The molecule has 0 aliphatic heterocycles. The van der Waals surface area contributed by atoms with Crippen LogP contribution in [0.4, 0.5) is 4.39 Å². The number of aliphatic hydroxyl groups is 1. The van der Waals surface area contributed by atoms with Gasteiger partial charge in [0.1, 0.15) is 10.5 Å². The summed E-state index contributed by atoms with van der Waals surface area (Å²) in [5.74, 6) is -0.477. The molecule has 2 aromatic heterocycles. The molecule has 2 heterocycles. The second kappa shape index (κ2) is 5.55. The number of hydrogen-bond acceptors (Lipinski definition) is 4. The van der Waals surface area contributed by atoms with Crippen LogP contribution in [0.5, 0.6) is 0 Å². The molecule has 0 saturated carbocycles. The maximum atomic E-state index is 13.0. The van der Waals surface area contributed by atoms with Gasteiger partial charge in [0.25, 0.3) is 5.56 Å². The Morgan fingerprint density at radius 1 is 1.43 bits per heavy atom. The second-order valence-corrected chi connectivity index (χ2v) is 5.84. The van der Waals surface area contributed by atoms with E-state index >= 15 is 0 Å². The van der Waals surface area contributed by atoms with Crippen LogP contribution in [0.3, 0.4) is 0 Å². The van der Waals surface area contributed by atoms with Crippen LogP contribution in [0, 0.1) is 5.82 Å². The van der Waals surface area contributed by atoms with Gasteiger partial charge in [0, 0.05) is 10.6 Å². The number of fused-ring (bicyclic) bond motifs is 1. The number of nitrogens with zero attached hydrogens (tertiary/aromatic N) is 2. The van der Waals surface area contributed by atoms with Gasteiger partial charge in [-0.25, -0.2) is 9.37 Å². The summed E-state index contributed by atoms with van der Waals surface area (Å²) in [5, 5.41) is 12.1. The number of thiophene rings is 1. The lowest BCUT2D eigenvalue weighted by Gasteiger charge is -2.14. The van der Waals surface area contributed by atoms with Crippen LogP contribution in [0.1, 0.15) is 11.7 Å². The summed E-state index contributed by atoms with van der Waals surface area (Å²) < 4.78 is 14.9. The number of aromatic nitrogens is 2. The van der Waals surface area contributed by atoms with Crippen molar-refractivity contribution in [1.29, 1.82) is 0 Å². The van der Waals surface area contributed by atoms with Crippen molar-refractivity contribution in [3.05, 3.63) is 62.7 Å². The quantitative estimate of drug-likeness (QED) is 0.806. The van der Waals surface area contributed by atoms with E-state index in [-0.39, 0.29) is 17.1 Å². The van der Waals surface area contributed by atoms with E-state index in [0.717, 1.165) is 6.07 Å². The average Bonchev–Trinajstić information content (AvgIpc) is 2.91. The predicted molar refractivity (Wildman–Crippen MR) is 80.2 cm³/mol. The van der Waals surface area contributed by atoms with Crippen molar-refractivity contribution < 1.29 is 9.50 Å². The van der Waals surface area contributed by atoms with E-state index in [0.29, 0.717) is 15.8 Å². The first-order chi connectivity index (χ1) is 10.1. The normalized spacial score (nSPS) is 12.7. The Hall–Kier alpha value is -1.76. The van der Waals surface area contributed by atoms with Crippen LogP contribution in [0.2, 0.25) is 5.02 Å². The third-order valence-electron chi connectivity index (χ3n) is 3.13. The fourth-order valence-electron chi connectivity index (χ4n) is 2.07. The first-order valence-electron chi connectivity index (χ1n) is 6.12. The van der Waals surface area contributed by atoms with Gasteiger partial charge in [-0.2, -0.15) is 0 Å². The van der Waals surface area contributed by atoms with Gasteiger partial charge in [-0.1, -0.05) is 17.7 Å². The third-order valence-corrected chi connectivity index (χ3v) is 4.35. The topological polar surface area (TPSA) is 55.1 Å². The molecule has 7 heteroatoms. The zero-order chi connectivity index (χ0) is 15.0. The molecule has 0 spiro atoms. The largest absolute Gasteiger partial charge is 0.386 e. The van der Waals surface area contributed by atoms with Crippen LogP contribution < -0.4 is 5.56 Å². The molecule has 1 atom stereocenters. The average molecular weight is 325 g/mol. The molecule has 4 nitrogen and oxygen atoms in total. The van der Waals surface area contributed by atoms with E-state index < -0.39 is 11.9 Å². The Morgan fingerprint density at radius 2 is 2.24 bits per heavy atom. The van der Waals surface area contributed by atoms with Crippen molar-refractivity contribution >= 4 is 33.2 Å².